The lowest BCUT2D eigenvalue weighted by atomic mass is 9.84. The number of anilines is 1. The monoisotopic (exact) mass is 324 g/mol. The Morgan fingerprint density at radius 2 is 1.79 bits per heavy atom. The summed E-state index contributed by atoms with van der Waals surface area (Å²) < 4.78 is 0. The summed E-state index contributed by atoms with van der Waals surface area (Å²) in [4.78, 5) is 17.2. The summed E-state index contributed by atoms with van der Waals surface area (Å²) in [6, 6.07) is 9.13. The summed E-state index contributed by atoms with van der Waals surface area (Å²) in [7, 11) is 0. The predicted molar refractivity (Wildman–Crippen MR) is 92.5 cm³/mol. The lowest BCUT2D eigenvalue weighted by molar-refractivity contribution is 0.0473. The third kappa shape index (κ3) is 3.54. The van der Waals surface area contributed by atoms with Crippen molar-refractivity contribution in [3.05, 3.63) is 29.8 Å². The highest BCUT2D eigenvalue weighted by Gasteiger charge is 2.37. The summed E-state index contributed by atoms with van der Waals surface area (Å²) in [5.74, 6) is 2.17. The molecule has 1 saturated carbocycles. The van der Waals surface area contributed by atoms with Crippen LogP contribution in [0.4, 0.5) is 10.5 Å². The number of rotatable bonds is 3. The first-order valence-electron chi connectivity index (χ1n) is 8.98. The summed E-state index contributed by atoms with van der Waals surface area (Å²) >= 11 is 0. The van der Waals surface area contributed by atoms with E-state index >= 15 is 0 Å². The van der Waals surface area contributed by atoms with Gasteiger partial charge in [-0.1, -0.05) is 0 Å². The zero-order chi connectivity index (χ0) is 16.5. The number of hydrogen-bond donors (Lipinski definition) is 1. The van der Waals surface area contributed by atoms with E-state index in [1.165, 1.54) is 25.8 Å². The molecule has 0 radical (unpaired) electrons. The van der Waals surface area contributed by atoms with Crippen LogP contribution < -0.4 is 5.32 Å². The van der Waals surface area contributed by atoms with E-state index in [0.717, 1.165) is 37.8 Å². The Morgan fingerprint density at radius 3 is 2.38 bits per heavy atom. The number of carbonyl (C=O) groups excluding carboxylic acids is 1. The Labute approximate surface area is 143 Å². The molecule has 2 unspecified atom stereocenters. The Kier molecular flexibility index (Phi) is 4.15. The molecule has 5 heteroatoms. The zero-order valence-corrected chi connectivity index (χ0v) is 13.9. The molecule has 2 amide bonds. The maximum absolute atomic E-state index is 12.6. The highest BCUT2D eigenvalue weighted by molar-refractivity contribution is 5.89. The summed E-state index contributed by atoms with van der Waals surface area (Å²) in [5, 5.41) is 11.8. The number of nitriles is 1. The molecule has 1 aromatic carbocycles. The quantitative estimate of drug-likeness (QED) is 0.930. The van der Waals surface area contributed by atoms with Gasteiger partial charge < -0.3 is 15.1 Å². The standard InChI is InChI=1S/C19H24N4O/c20-8-14-3-5-18(6-4-14)21-19(24)23-12-16-7-17(13-23)11-22(10-16)9-15-1-2-15/h3-6,15-17H,1-2,7,9-13H2,(H,21,24). The van der Waals surface area contributed by atoms with Gasteiger partial charge in [0, 0.05) is 38.4 Å². The number of nitrogens with one attached hydrogen (secondary N) is 1. The minimum Gasteiger partial charge on any atom is -0.324 e. The van der Waals surface area contributed by atoms with Crippen LogP contribution in [0.25, 0.3) is 0 Å². The molecule has 2 saturated heterocycles. The number of likely N-dealkylation sites (tertiary alicyclic amines) is 2. The molecule has 0 spiro atoms. The van der Waals surface area contributed by atoms with Gasteiger partial charge in [-0.25, -0.2) is 4.79 Å². The first-order valence-corrected chi connectivity index (χ1v) is 8.98. The molecule has 126 valence electrons. The highest BCUT2D eigenvalue weighted by atomic mass is 16.2. The van der Waals surface area contributed by atoms with Gasteiger partial charge in [0.15, 0.2) is 0 Å². The average molecular weight is 324 g/mol. The third-order valence-electron chi connectivity index (χ3n) is 5.42. The molecule has 1 aliphatic carbocycles. The van der Waals surface area contributed by atoms with Crippen LogP contribution in [0.2, 0.25) is 0 Å². The van der Waals surface area contributed by atoms with Gasteiger partial charge in [-0.05, 0) is 61.3 Å². The molecule has 4 rings (SSSR count). The van der Waals surface area contributed by atoms with Gasteiger partial charge in [-0.2, -0.15) is 5.26 Å². The lowest BCUT2D eigenvalue weighted by Crippen LogP contribution is -2.55. The van der Waals surface area contributed by atoms with Crippen molar-refractivity contribution in [1.82, 2.24) is 9.80 Å². The number of fused-ring (bicyclic) bond motifs is 2. The van der Waals surface area contributed by atoms with Crippen LogP contribution in [-0.2, 0) is 0 Å². The number of carbonyl (C=O) groups is 1. The number of piperidine rings is 2. The van der Waals surface area contributed by atoms with E-state index in [-0.39, 0.29) is 6.03 Å². The Balaban J connectivity index is 1.33. The fraction of sp³-hybridized carbons (Fsp3) is 0.579. The second-order valence-electron chi connectivity index (χ2n) is 7.65. The van der Waals surface area contributed by atoms with Crippen molar-refractivity contribution in [2.75, 3.05) is 38.0 Å². The van der Waals surface area contributed by atoms with Crippen LogP contribution in [0.1, 0.15) is 24.8 Å². The maximum Gasteiger partial charge on any atom is 0.321 e. The normalized spacial score (nSPS) is 26.7. The van der Waals surface area contributed by atoms with Gasteiger partial charge in [-0.3, -0.25) is 0 Å². The van der Waals surface area contributed by atoms with E-state index in [1.54, 1.807) is 24.3 Å². The van der Waals surface area contributed by atoms with Crippen LogP contribution in [0.5, 0.6) is 0 Å². The minimum atomic E-state index is -0.00921. The molecule has 24 heavy (non-hydrogen) atoms. The molecule has 2 heterocycles. The van der Waals surface area contributed by atoms with Crippen molar-refractivity contribution in [2.45, 2.75) is 19.3 Å². The second-order valence-corrected chi connectivity index (χ2v) is 7.65. The minimum absolute atomic E-state index is 0.00921. The van der Waals surface area contributed by atoms with Crippen molar-refractivity contribution in [3.8, 4) is 6.07 Å². The largest absolute Gasteiger partial charge is 0.324 e. The molecular formula is C19H24N4O. The fourth-order valence-electron chi connectivity index (χ4n) is 4.20. The van der Waals surface area contributed by atoms with Gasteiger partial charge in [0.05, 0.1) is 11.6 Å². The van der Waals surface area contributed by atoms with Gasteiger partial charge in [0.1, 0.15) is 0 Å². The number of amides is 2. The molecule has 2 aliphatic heterocycles. The molecular weight excluding hydrogens is 300 g/mol. The van der Waals surface area contributed by atoms with E-state index in [0.29, 0.717) is 17.4 Å². The fourth-order valence-corrected chi connectivity index (χ4v) is 4.20. The maximum atomic E-state index is 12.6. The molecule has 0 aromatic heterocycles. The van der Waals surface area contributed by atoms with Gasteiger partial charge in [0.2, 0.25) is 0 Å². The topological polar surface area (TPSA) is 59.4 Å². The first kappa shape index (κ1) is 15.5. The molecule has 5 nitrogen and oxygen atoms in total. The first-order chi connectivity index (χ1) is 11.7. The molecule has 3 fully saturated rings. The van der Waals surface area contributed by atoms with E-state index in [9.17, 15) is 4.79 Å². The van der Waals surface area contributed by atoms with E-state index in [1.807, 2.05) is 4.90 Å². The van der Waals surface area contributed by atoms with Crippen LogP contribution >= 0.6 is 0 Å². The highest BCUT2D eigenvalue weighted by Crippen LogP contribution is 2.34. The van der Waals surface area contributed by atoms with Gasteiger partial charge >= 0.3 is 6.03 Å². The van der Waals surface area contributed by atoms with Crippen molar-refractivity contribution in [2.24, 2.45) is 17.8 Å². The van der Waals surface area contributed by atoms with Crippen LogP contribution in [0, 0.1) is 29.1 Å². The smallest absolute Gasteiger partial charge is 0.321 e. The summed E-state index contributed by atoms with van der Waals surface area (Å²) in [6.07, 6.45) is 4.08. The van der Waals surface area contributed by atoms with E-state index in [4.69, 9.17) is 5.26 Å². The molecule has 2 atom stereocenters. The van der Waals surface area contributed by atoms with Crippen molar-refractivity contribution in [3.63, 3.8) is 0 Å². The van der Waals surface area contributed by atoms with E-state index < -0.39 is 0 Å². The lowest BCUT2D eigenvalue weighted by Gasteiger charge is -2.45. The number of nitrogens with zero attached hydrogens (tertiary/aromatic N) is 3. The van der Waals surface area contributed by atoms with Gasteiger partial charge in [-0.15, -0.1) is 0 Å². The summed E-state index contributed by atoms with van der Waals surface area (Å²) in [5.41, 5.74) is 1.36. The van der Waals surface area contributed by atoms with Gasteiger partial charge in [0.25, 0.3) is 0 Å². The molecule has 1 aromatic rings. The Morgan fingerprint density at radius 1 is 1.12 bits per heavy atom. The zero-order valence-electron chi connectivity index (χ0n) is 13.9. The van der Waals surface area contributed by atoms with Crippen molar-refractivity contribution < 1.29 is 4.79 Å². The number of hydrogen-bond acceptors (Lipinski definition) is 3. The van der Waals surface area contributed by atoms with Crippen LogP contribution in [-0.4, -0.2) is 48.6 Å². The van der Waals surface area contributed by atoms with E-state index in [2.05, 4.69) is 16.3 Å². The second kappa shape index (κ2) is 6.45. The average Bonchev–Trinajstić information content (AvgIpc) is 3.38. The predicted octanol–water partition coefficient (Wildman–Crippen LogP) is 2.75. The van der Waals surface area contributed by atoms with Crippen LogP contribution in [0.3, 0.4) is 0 Å². The molecule has 2 bridgehead atoms. The van der Waals surface area contributed by atoms with Crippen LogP contribution in [0.15, 0.2) is 24.3 Å². The third-order valence-corrected chi connectivity index (χ3v) is 5.42. The Hall–Kier alpha value is -2.06. The number of urea groups is 1. The Bertz CT molecular complexity index is 632. The molecule has 1 N–H and O–H groups in total. The SMILES string of the molecule is N#Cc1ccc(NC(=O)N2CC3CC(CN(CC4CC4)C3)C2)cc1. The number of benzene rings is 1. The van der Waals surface area contributed by atoms with Crippen molar-refractivity contribution in [1.29, 1.82) is 5.26 Å². The summed E-state index contributed by atoms with van der Waals surface area (Å²) in [6.45, 7) is 5.28. The van der Waals surface area contributed by atoms with Crippen molar-refractivity contribution >= 4 is 11.7 Å². The molecule has 3 aliphatic rings.